The minimum atomic E-state index is -0.560. The molecule has 1 amide bonds. The Bertz CT molecular complexity index is 588. The average molecular weight is 275 g/mol. The molecule has 0 aromatic carbocycles. The first-order valence-electron chi connectivity index (χ1n) is 6.16. The van der Waals surface area contributed by atoms with E-state index in [0.29, 0.717) is 5.82 Å². The Hall–Kier alpha value is -2.44. The number of nitrogens with one attached hydrogen (secondary N) is 1. The second kappa shape index (κ2) is 5.28. The largest absolute Gasteiger partial charge is 0.443 e. The van der Waals surface area contributed by atoms with Crippen LogP contribution in [-0.4, -0.2) is 38.9 Å². The molecule has 0 saturated heterocycles. The number of H-pyrrole nitrogens is 1. The molecule has 7 heteroatoms. The molecule has 0 fully saturated rings. The van der Waals surface area contributed by atoms with Crippen LogP contribution >= 0.6 is 0 Å². The van der Waals surface area contributed by atoms with Crippen molar-refractivity contribution in [2.24, 2.45) is 0 Å². The maximum Gasteiger partial charge on any atom is 0.416 e. The summed E-state index contributed by atoms with van der Waals surface area (Å²) in [7, 11) is 1.56. The number of aromatic nitrogens is 4. The molecule has 0 unspecified atom stereocenters. The molecule has 0 aliphatic carbocycles. The topological polar surface area (TPSA) is 84.0 Å². The van der Waals surface area contributed by atoms with Crippen LogP contribution in [0.25, 0.3) is 11.4 Å². The number of nitrogens with zero attached hydrogens (tertiary/aromatic N) is 4. The molecular formula is C13H17N5O2. The van der Waals surface area contributed by atoms with E-state index in [1.54, 1.807) is 52.3 Å². The van der Waals surface area contributed by atoms with Gasteiger partial charge in [0.15, 0.2) is 5.82 Å². The van der Waals surface area contributed by atoms with Gasteiger partial charge in [0.25, 0.3) is 5.95 Å². The van der Waals surface area contributed by atoms with Gasteiger partial charge in [-0.3, -0.25) is 10.1 Å². The first-order chi connectivity index (χ1) is 9.37. The predicted octanol–water partition coefficient (Wildman–Crippen LogP) is 2.24. The van der Waals surface area contributed by atoms with Crippen LogP contribution in [0.15, 0.2) is 24.5 Å². The molecule has 0 aliphatic rings. The number of pyridine rings is 1. The lowest BCUT2D eigenvalue weighted by Crippen LogP contribution is -2.34. The van der Waals surface area contributed by atoms with E-state index in [4.69, 9.17) is 4.74 Å². The SMILES string of the molecule is CN(C(=O)OC(C)(C)C)c1n[nH]c(-c2ccncc2)n1. The second-order valence-electron chi connectivity index (χ2n) is 5.26. The van der Waals surface area contributed by atoms with E-state index >= 15 is 0 Å². The fourth-order valence-electron chi connectivity index (χ4n) is 1.45. The Balaban J connectivity index is 2.15. The molecule has 0 aliphatic heterocycles. The zero-order valence-electron chi connectivity index (χ0n) is 11.9. The van der Waals surface area contributed by atoms with Crippen LogP contribution in [0, 0.1) is 0 Å². The van der Waals surface area contributed by atoms with Gasteiger partial charge in [0.2, 0.25) is 0 Å². The fourth-order valence-corrected chi connectivity index (χ4v) is 1.45. The Morgan fingerprint density at radius 1 is 1.30 bits per heavy atom. The number of anilines is 1. The van der Waals surface area contributed by atoms with Gasteiger partial charge in [0.05, 0.1) is 0 Å². The molecule has 0 spiro atoms. The molecule has 2 rings (SSSR count). The molecule has 20 heavy (non-hydrogen) atoms. The number of rotatable bonds is 2. The first kappa shape index (κ1) is 14.0. The minimum Gasteiger partial charge on any atom is -0.443 e. The number of carbonyl (C=O) groups is 1. The van der Waals surface area contributed by atoms with Crippen molar-refractivity contribution in [1.29, 1.82) is 0 Å². The summed E-state index contributed by atoms with van der Waals surface area (Å²) in [5.74, 6) is 0.823. The number of hydrogen-bond acceptors (Lipinski definition) is 5. The number of carbonyl (C=O) groups excluding carboxylic acids is 1. The normalized spacial score (nSPS) is 11.2. The number of hydrogen-bond donors (Lipinski definition) is 1. The van der Waals surface area contributed by atoms with Crippen LogP contribution in [0.5, 0.6) is 0 Å². The third-order valence-electron chi connectivity index (χ3n) is 2.39. The molecular weight excluding hydrogens is 258 g/mol. The van der Waals surface area contributed by atoms with Gasteiger partial charge >= 0.3 is 6.09 Å². The van der Waals surface area contributed by atoms with Gasteiger partial charge in [-0.1, -0.05) is 0 Å². The summed E-state index contributed by atoms with van der Waals surface area (Å²) >= 11 is 0. The van der Waals surface area contributed by atoms with E-state index in [9.17, 15) is 4.79 Å². The standard InChI is InChI=1S/C13H17N5O2/c1-13(2,3)20-12(19)18(4)11-15-10(16-17-11)9-5-7-14-8-6-9/h5-8H,1-4H3,(H,15,16,17). The van der Waals surface area contributed by atoms with E-state index in [0.717, 1.165) is 5.56 Å². The number of aromatic amines is 1. The monoisotopic (exact) mass is 275 g/mol. The Kier molecular flexibility index (Phi) is 3.69. The summed E-state index contributed by atoms with van der Waals surface area (Å²) in [5.41, 5.74) is 0.284. The third kappa shape index (κ3) is 3.31. The quantitative estimate of drug-likeness (QED) is 0.908. The van der Waals surface area contributed by atoms with Crippen LogP contribution in [0.3, 0.4) is 0 Å². The highest BCUT2D eigenvalue weighted by atomic mass is 16.6. The second-order valence-corrected chi connectivity index (χ2v) is 5.26. The molecule has 2 aromatic rings. The van der Waals surface area contributed by atoms with Crippen LogP contribution in [0.1, 0.15) is 20.8 Å². The highest BCUT2D eigenvalue weighted by molar-refractivity contribution is 5.85. The molecule has 0 bridgehead atoms. The van der Waals surface area contributed by atoms with Crippen molar-refractivity contribution in [2.75, 3.05) is 11.9 Å². The maximum atomic E-state index is 11.9. The Morgan fingerprint density at radius 3 is 2.55 bits per heavy atom. The zero-order valence-corrected chi connectivity index (χ0v) is 11.9. The lowest BCUT2D eigenvalue weighted by atomic mass is 10.2. The lowest BCUT2D eigenvalue weighted by Gasteiger charge is -2.22. The predicted molar refractivity (Wildman–Crippen MR) is 74.3 cm³/mol. The van der Waals surface area contributed by atoms with E-state index in [1.165, 1.54) is 4.90 Å². The van der Waals surface area contributed by atoms with Gasteiger partial charge < -0.3 is 4.74 Å². The molecule has 1 N–H and O–H groups in total. The fraction of sp³-hybridized carbons (Fsp3) is 0.385. The van der Waals surface area contributed by atoms with Crippen LogP contribution < -0.4 is 4.90 Å². The molecule has 2 aromatic heterocycles. The van der Waals surface area contributed by atoms with Gasteiger partial charge in [-0.05, 0) is 32.9 Å². The van der Waals surface area contributed by atoms with Crippen molar-refractivity contribution in [3.8, 4) is 11.4 Å². The summed E-state index contributed by atoms with van der Waals surface area (Å²) in [5, 5.41) is 6.79. The number of ether oxygens (including phenoxy) is 1. The first-order valence-corrected chi connectivity index (χ1v) is 6.16. The number of amides is 1. The summed E-state index contributed by atoms with van der Waals surface area (Å²) in [6.07, 6.45) is 2.82. The summed E-state index contributed by atoms with van der Waals surface area (Å²) in [4.78, 5) is 21.4. The van der Waals surface area contributed by atoms with Crippen molar-refractivity contribution in [2.45, 2.75) is 26.4 Å². The molecule has 0 saturated carbocycles. The Labute approximate surface area is 117 Å². The molecule has 106 valence electrons. The van der Waals surface area contributed by atoms with Gasteiger partial charge in [-0.15, -0.1) is 5.10 Å². The van der Waals surface area contributed by atoms with E-state index < -0.39 is 11.7 Å². The van der Waals surface area contributed by atoms with Crippen molar-refractivity contribution in [3.05, 3.63) is 24.5 Å². The summed E-state index contributed by atoms with van der Waals surface area (Å²) < 4.78 is 5.25. The van der Waals surface area contributed by atoms with Crippen LogP contribution in [-0.2, 0) is 4.74 Å². The third-order valence-corrected chi connectivity index (χ3v) is 2.39. The van der Waals surface area contributed by atoms with Crippen LogP contribution in [0.4, 0.5) is 10.7 Å². The summed E-state index contributed by atoms with van der Waals surface area (Å²) in [6, 6.07) is 3.61. The maximum absolute atomic E-state index is 11.9. The molecule has 0 atom stereocenters. The summed E-state index contributed by atoms with van der Waals surface area (Å²) in [6.45, 7) is 5.41. The van der Waals surface area contributed by atoms with E-state index in [2.05, 4.69) is 20.2 Å². The van der Waals surface area contributed by atoms with Crippen molar-refractivity contribution < 1.29 is 9.53 Å². The Morgan fingerprint density at radius 2 is 1.95 bits per heavy atom. The molecule has 0 radical (unpaired) electrons. The zero-order chi connectivity index (χ0) is 14.8. The molecule has 7 nitrogen and oxygen atoms in total. The van der Waals surface area contributed by atoms with Gasteiger partial charge in [0, 0.05) is 25.0 Å². The van der Waals surface area contributed by atoms with E-state index in [1.807, 2.05) is 0 Å². The van der Waals surface area contributed by atoms with Gasteiger partial charge in [-0.2, -0.15) is 4.98 Å². The lowest BCUT2D eigenvalue weighted by molar-refractivity contribution is 0.0587. The molecule has 2 heterocycles. The van der Waals surface area contributed by atoms with Crippen molar-refractivity contribution in [3.63, 3.8) is 0 Å². The van der Waals surface area contributed by atoms with Crippen molar-refractivity contribution >= 4 is 12.0 Å². The minimum absolute atomic E-state index is 0.256. The van der Waals surface area contributed by atoms with E-state index in [-0.39, 0.29) is 5.95 Å². The van der Waals surface area contributed by atoms with Crippen LogP contribution in [0.2, 0.25) is 0 Å². The smallest absolute Gasteiger partial charge is 0.416 e. The highest BCUT2D eigenvalue weighted by Gasteiger charge is 2.23. The highest BCUT2D eigenvalue weighted by Crippen LogP contribution is 2.17. The van der Waals surface area contributed by atoms with Gasteiger partial charge in [0.1, 0.15) is 5.60 Å². The van der Waals surface area contributed by atoms with Gasteiger partial charge in [-0.25, -0.2) is 9.69 Å². The van der Waals surface area contributed by atoms with Crippen molar-refractivity contribution in [1.82, 2.24) is 20.2 Å². The average Bonchev–Trinajstić information content (AvgIpc) is 2.86.